The highest BCUT2D eigenvalue weighted by Crippen LogP contribution is 2.20. The molecule has 1 atom stereocenters. The van der Waals surface area contributed by atoms with Crippen LogP contribution in [0.25, 0.3) is 0 Å². The van der Waals surface area contributed by atoms with Crippen molar-refractivity contribution < 1.29 is 9.90 Å². The third kappa shape index (κ3) is 3.71. The Morgan fingerprint density at radius 3 is 2.76 bits per heavy atom. The molecule has 96 valence electrons. The molecular formula is C10H18N4O2S. The van der Waals surface area contributed by atoms with E-state index < -0.39 is 11.5 Å². The van der Waals surface area contributed by atoms with E-state index in [1.54, 1.807) is 18.7 Å². The number of aromatic nitrogens is 3. The summed E-state index contributed by atoms with van der Waals surface area (Å²) in [5.41, 5.74) is -0.967. The normalized spacial score (nSPS) is 14.9. The summed E-state index contributed by atoms with van der Waals surface area (Å²) >= 11 is 1.38. The Morgan fingerprint density at radius 2 is 2.35 bits per heavy atom. The number of hydrogen-bond donors (Lipinski definition) is 2. The van der Waals surface area contributed by atoms with Crippen LogP contribution in [-0.4, -0.2) is 43.2 Å². The molecule has 0 amide bonds. The molecule has 1 rings (SSSR count). The van der Waals surface area contributed by atoms with Crippen molar-refractivity contribution in [2.24, 2.45) is 7.05 Å². The first kappa shape index (κ1) is 14.0. The molecule has 1 unspecified atom stereocenters. The highest BCUT2D eigenvalue weighted by Gasteiger charge is 2.34. The standard InChI is InChI=1S/C10H18N4O2S/c1-7(2)13-10(3,8(15)16)5-17-9-11-6-12-14(9)4/h6-7,13H,5H2,1-4H3,(H,15,16). The summed E-state index contributed by atoms with van der Waals surface area (Å²) < 4.78 is 1.63. The van der Waals surface area contributed by atoms with Gasteiger partial charge in [0.05, 0.1) is 0 Å². The zero-order valence-electron chi connectivity index (χ0n) is 10.5. The van der Waals surface area contributed by atoms with E-state index in [4.69, 9.17) is 0 Å². The van der Waals surface area contributed by atoms with Crippen molar-refractivity contribution in [1.82, 2.24) is 20.1 Å². The van der Waals surface area contributed by atoms with Gasteiger partial charge in [-0.05, 0) is 20.8 Å². The number of nitrogens with zero attached hydrogens (tertiary/aromatic N) is 3. The first-order valence-corrected chi connectivity index (χ1v) is 6.31. The van der Waals surface area contributed by atoms with E-state index in [9.17, 15) is 9.90 Å². The minimum Gasteiger partial charge on any atom is -0.480 e. The van der Waals surface area contributed by atoms with Crippen molar-refractivity contribution in [3.63, 3.8) is 0 Å². The third-order valence-electron chi connectivity index (χ3n) is 2.24. The van der Waals surface area contributed by atoms with Crippen molar-refractivity contribution in [3.05, 3.63) is 6.33 Å². The van der Waals surface area contributed by atoms with Gasteiger partial charge in [-0.2, -0.15) is 5.10 Å². The molecule has 0 radical (unpaired) electrons. The number of carbonyl (C=O) groups is 1. The first-order chi connectivity index (χ1) is 7.85. The van der Waals surface area contributed by atoms with Crippen LogP contribution in [0.4, 0.5) is 0 Å². The van der Waals surface area contributed by atoms with Gasteiger partial charge in [0.15, 0.2) is 5.16 Å². The number of hydrogen-bond acceptors (Lipinski definition) is 5. The Hall–Kier alpha value is -1.08. The molecule has 2 N–H and O–H groups in total. The van der Waals surface area contributed by atoms with Gasteiger partial charge in [0.25, 0.3) is 0 Å². The summed E-state index contributed by atoms with van der Waals surface area (Å²) in [6.45, 7) is 5.53. The average molecular weight is 258 g/mol. The topological polar surface area (TPSA) is 80.0 Å². The third-order valence-corrected chi connectivity index (χ3v) is 3.59. The predicted octanol–water partition coefficient (Wildman–Crippen LogP) is 0.748. The first-order valence-electron chi connectivity index (χ1n) is 5.33. The highest BCUT2D eigenvalue weighted by atomic mass is 32.2. The molecule has 6 nitrogen and oxygen atoms in total. The molecule has 1 aromatic rings. The molecule has 7 heteroatoms. The van der Waals surface area contributed by atoms with E-state index in [-0.39, 0.29) is 6.04 Å². The summed E-state index contributed by atoms with van der Waals surface area (Å²) in [6.07, 6.45) is 1.45. The fourth-order valence-corrected chi connectivity index (χ4v) is 2.41. The zero-order chi connectivity index (χ0) is 13.1. The number of aliphatic carboxylic acids is 1. The summed E-state index contributed by atoms with van der Waals surface area (Å²) in [6, 6.07) is 0.108. The monoisotopic (exact) mass is 258 g/mol. The quantitative estimate of drug-likeness (QED) is 0.733. The second kappa shape index (κ2) is 5.50. The van der Waals surface area contributed by atoms with Crippen LogP contribution in [0.3, 0.4) is 0 Å². The fourth-order valence-electron chi connectivity index (χ4n) is 1.43. The molecule has 0 saturated carbocycles. The van der Waals surface area contributed by atoms with Gasteiger partial charge in [0.1, 0.15) is 11.9 Å². The molecule has 0 spiro atoms. The maximum atomic E-state index is 11.3. The lowest BCUT2D eigenvalue weighted by atomic mass is 10.1. The van der Waals surface area contributed by atoms with Crippen LogP contribution >= 0.6 is 11.8 Å². The molecule has 0 aliphatic rings. The van der Waals surface area contributed by atoms with Crippen LogP contribution in [0.1, 0.15) is 20.8 Å². The number of carboxylic acids is 1. The minimum absolute atomic E-state index is 0.108. The van der Waals surface area contributed by atoms with Crippen molar-refractivity contribution in [2.75, 3.05) is 5.75 Å². The Morgan fingerprint density at radius 1 is 1.71 bits per heavy atom. The minimum atomic E-state index is -0.967. The van der Waals surface area contributed by atoms with E-state index in [2.05, 4.69) is 15.4 Å². The summed E-state index contributed by atoms with van der Waals surface area (Å²) in [7, 11) is 1.78. The van der Waals surface area contributed by atoms with Gasteiger partial charge in [0, 0.05) is 18.8 Å². The smallest absolute Gasteiger partial charge is 0.324 e. The van der Waals surface area contributed by atoms with Gasteiger partial charge in [-0.25, -0.2) is 9.67 Å². The van der Waals surface area contributed by atoms with Crippen LogP contribution in [0.2, 0.25) is 0 Å². The summed E-state index contributed by atoms with van der Waals surface area (Å²) in [5, 5.41) is 17.0. The molecule has 0 aliphatic carbocycles. The lowest BCUT2D eigenvalue weighted by molar-refractivity contribution is -0.143. The van der Waals surface area contributed by atoms with E-state index in [0.717, 1.165) is 0 Å². The molecule has 1 aromatic heterocycles. The molecule has 0 aromatic carbocycles. The van der Waals surface area contributed by atoms with Gasteiger partial charge in [-0.3, -0.25) is 10.1 Å². The van der Waals surface area contributed by atoms with Crippen LogP contribution in [0.15, 0.2) is 11.5 Å². The Labute approximate surface area is 105 Å². The lowest BCUT2D eigenvalue weighted by Gasteiger charge is -2.27. The van der Waals surface area contributed by atoms with Crippen molar-refractivity contribution >= 4 is 17.7 Å². The van der Waals surface area contributed by atoms with Crippen LogP contribution in [0, 0.1) is 0 Å². The Kier molecular flexibility index (Phi) is 4.53. The number of aryl methyl sites for hydroxylation is 1. The van der Waals surface area contributed by atoms with E-state index in [1.165, 1.54) is 18.1 Å². The maximum absolute atomic E-state index is 11.3. The van der Waals surface area contributed by atoms with Crippen LogP contribution < -0.4 is 5.32 Å². The maximum Gasteiger partial charge on any atom is 0.324 e. The molecule has 1 heterocycles. The molecule has 0 aliphatic heterocycles. The molecule has 0 fully saturated rings. The largest absolute Gasteiger partial charge is 0.480 e. The molecule has 0 saturated heterocycles. The molecule has 17 heavy (non-hydrogen) atoms. The van der Waals surface area contributed by atoms with Gasteiger partial charge in [-0.15, -0.1) is 0 Å². The zero-order valence-corrected chi connectivity index (χ0v) is 11.3. The van der Waals surface area contributed by atoms with Crippen molar-refractivity contribution in [1.29, 1.82) is 0 Å². The number of nitrogens with one attached hydrogen (secondary N) is 1. The van der Waals surface area contributed by atoms with E-state index in [0.29, 0.717) is 10.9 Å². The second-order valence-corrected chi connectivity index (χ2v) is 5.33. The molecular weight excluding hydrogens is 240 g/mol. The SMILES string of the molecule is CC(C)NC(C)(CSc1ncnn1C)C(=O)O. The van der Waals surface area contributed by atoms with Crippen molar-refractivity contribution in [3.8, 4) is 0 Å². The average Bonchev–Trinajstić information content (AvgIpc) is 2.60. The van der Waals surface area contributed by atoms with Crippen LogP contribution in [-0.2, 0) is 11.8 Å². The molecule has 0 bridgehead atoms. The number of thioether (sulfide) groups is 1. The Bertz CT molecular complexity index is 393. The number of carboxylic acid groups (broad SMARTS) is 1. The van der Waals surface area contributed by atoms with Gasteiger partial charge >= 0.3 is 5.97 Å². The van der Waals surface area contributed by atoms with E-state index >= 15 is 0 Å². The van der Waals surface area contributed by atoms with Crippen LogP contribution in [0.5, 0.6) is 0 Å². The second-order valence-electron chi connectivity index (χ2n) is 4.39. The highest BCUT2D eigenvalue weighted by molar-refractivity contribution is 7.99. The van der Waals surface area contributed by atoms with Gasteiger partial charge in [0.2, 0.25) is 0 Å². The predicted molar refractivity (Wildman–Crippen MR) is 66.0 cm³/mol. The number of rotatable bonds is 6. The van der Waals surface area contributed by atoms with E-state index in [1.807, 2.05) is 13.8 Å². The summed E-state index contributed by atoms with van der Waals surface area (Å²) in [4.78, 5) is 15.3. The summed E-state index contributed by atoms with van der Waals surface area (Å²) in [5.74, 6) is -0.464. The Balaban J connectivity index is 2.68. The van der Waals surface area contributed by atoms with Gasteiger partial charge in [-0.1, -0.05) is 11.8 Å². The van der Waals surface area contributed by atoms with Crippen molar-refractivity contribution in [2.45, 2.75) is 37.5 Å². The lowest BCUT2D eigenvalue weighted by Crippen LogP contribution is -2.54. The fraction of sp³-hybridized carbons (Fsp3) is 0.700. The van der Waals surface area contributed by atoms with Gasteiger partial charge < -0.3 is 5.11 Å².